The fourth-order valence-electron chi connectivity index (χ4n) is 3.19. The Morgan fingerprint density at radius 3 is 2.86 bits per heavy atom. The van der Waals surface area contributed by atoms with E-state index in [1.165, 1.54) is 12.1 Å². The van der Waals surface area contributed by atoms with Gasteiger partial charge >= 0.3 is 5.97 Å². The molecular weight excluding hydrogens is 373 g/mol. The molecule has 2 heterocycles. The van der Waals surface area contributed by atoms with Crippen LogP contribution in [0.25, 0.3) is 22.2 Å². The first-order chi connectivity index (χ1) is 14.1. The molecule has 0 amide bonds. The Bertz CT molecular complexity index is 1250. The number of esters is 1. The van der Waals surface area contributed by atoms with E-state index in [1.807, 2.05) is 10.6 Å². The lowest BCUT2D eigenvalue weighted by molar-refractivity contribution is 0.0514. The highest BCUT2D eigenvalue weighted by Gasteiger charge is 2.17. The van der Waals surface area contributed by atoms with Crippen molar-refractivity contribution in [3.63, 3.8) is 0 Å². The first-order valence-electron chi connectivity index (χ1n) is 9.01. The van der Waals surface area contributed by atoms with Crippen molar-refractivity contribution < 1.29 is 18.4 Å². The van der Waals surface area contributed by atoms with Crippen LogP contribution < -0.4 is 0 Å². The number of hydrogen-bond donors (Lipinski definition) is 0. The molecule has 2 aromatic heterocycles. The lowest BCUT2D eigenvalue weighted by Crippen LogP contribution is -2.04. The molecule has 0 N–H and O–H groups in total. The van der Waals surface area contributed by atoms with Crippen LogP contribution in [0.5, 0.6) is 0 Å². The van der Waals surface area contributed by atoms with Crippen molar-refractivity contribution in [1.29, 1.82) is 5.26 Å². The van der Waals surface area contributed by atoms with E-state index in [0.717, 1.165) is 5.52 Å². The van der Waals surface area contributed by atoms with Gasteiger partial charge in [0.2, 0.25) is 0 Å². The van der Waals surface area contributed by atoms with Gasteiger partial charge in [-0.05, 0) is 31.2 Å². The lowest BCUT2D eigenvalue weighted by Gasteiger charge is -2.07. The van der Waals surface area contributed by atoms with E-state index < -0.39 is 5.97 Å². The van der Waals surface area contributed by atoms with Gasteiger partial charge in [-0.25, -0.2) is 9.18 Å². The monoisotopic (exact) mass is 389 g/mol. The van der Waals surface area contributed by atoms with Crippen molar-refractivity contribution >= 4 is 16.9 Å². The highest BCUT2D eigenvalue weighted by molar-refractivity contribution is 5.91. The molecule has 7 heteroatoms. The summed E-state index contributed by atoms with van der Waals surface area (Å²) in [7, 11) is 0. The van der Waals surface area contributed by atoms with E-state index in [9.17, 15) is 14.4 Å². The maximum absolute atomic E-state index is 14.0. The number of aromatic nitrogens is 2. The summed E-state index contributed by atoms with van der Waals surface area (Å²) < 4.78 is 26.1. The summed E-state index contributed by atoms with van der Waals surface area (Å²) in [5.74, 6) is -0.462. The molecule has 0 fully saturated rings. The van der Waals surface area contributed by atoms with E-state index >= 15 is 0 Å². The van der Waals surface area contributed by atoms with Crippen molar-refractivity contribution in [1.82, 2.24) is 9.72 Å². The molecule has 2 aromatic carbocycles. The van der Waals surface area contributed by atoms with E-state index in [4.69, 9.17) is 9.26 Å². The number of ether oxygens (including phenoxy) is 1. The number of carbonyl (C=O) groups is 1. The van der Waals surface area contributed by atoms with E-state index in [0.29, 0.717) is 34.4 Å². The summed E-state index contributed by atoms with van der Waals surface area (Å²) in [4.78, 5) is 11.8. The van der Waals surface area contributed by atoms with E-state index in [-0.39, 0.29) is 18.1 Å². The summed E-state index contributed by atoms with van der Waals surface area (Å²) in [6.07, 6.45) is 1.70. The Balaban J connectivity index is 1.72. The van der Waals surface area contributed by atoms with Gasteiger partial charge in [-0.3, -0.25) is 0 Å². The van der Waals surface area contributed by atoms with Gasteiger partial charge in [0.05, 0.1) is 18.7 Å². The second-order valence-corrected chi connectivity index (χ2v) is 6.40. The Kier molecular flexibility index (Phi) is 4.83. The second-order valence-electron chi connectivity index (χ2n) is 6.40. The third-order valence-corrected chi connectivity index (χ3v) is 4.58. The predicted molar refractivity (Wildman–Crippen MR) is 104 cm³/mol. The molecule has 0 radical (unpaired) electrons. The van der Waals surface area contributed by atoms with Gasteiger partial charge < -0.3 is 13.8 Å². The van der Waals surface area contributed by atoms with Crippen LogP contribution in [0.2, 0.25) is 0 Å². The van der Waals surface area contributed by atoms with Crippen molar-refractivity contribution in [3.8, 4) is 17.4 Å². The second kappa shape index (κ2) is 7.60. The minimum absolute atomic E-state index is 0.0829. The summed E-state index contributed by atoms with van der Waals surface area (Å²) in [6.45, 7) is 2.26. The molecule has 0 spiro atoms. The van der Waals surface area contributed by atoms with Gasteiger partial charge in [-0.15, -0.1) is 0 Å². The number of nitrogens with zero attached hydrogens (tertiary/aromatic N) is 3. The molecular formula is C22H16FN3O3. The Labute approximate surface area is 165 Å². The maximum atomic E-state index is 14.0. The fourth-order valence-corrected chi connectivity index (χ4v) is 3.19. The van der Waals surface area contributed by atoms with Crippen molar-refractivity contribution in [2.24, 2.45) is 0 Å². The van der Waals surface area contributed by atoms with Crippen LogP contribution >= 0.6 is 0 Å². The predicted octanol–water partition coefficient (Wildman–Crippen LogP) is 4.53. The highest BCUT2D eigenvalue weighted by Crippen LogP contribution is 2.29. The first-order valence-corrected chi connectivity index (χ1v) is 9.01. The molecule has 4 aromatic rings. The molecule has 29 heavy (non-hydrogen) atoms. The smallest absolute Gasteiger partial charge is 0.360 e. The minimum atomic E-state index is -0.558. The summed E-state index contributed by atoms with van der Waals surface area (Å²) in [5.41, 5.74) is 2.54. The Hall–Kier alpha value is -3.92. The molecule has 6 nitrogen and oxygen atoms in total. The van der Waals surface area contributed by atoms with Crippen LogP contribution in [0.1, 0.15) is 28.5 Å². The van der Waals surface area contributed by atoms with Crippen LogP contribution in [-0.4, -0.2) is 22.3 Å². The molecule has 0 aliphatic heterocycles. The van der Waals surface area contributed by atoms with Gasteiger partial charge in [0.25, 0.3) is 0 Å². The van der Waals surface area contributed by atoms with Crippen LogP contribution in [0.4, 0.5) is 4.39 Å². The summed E-state index contributed by atoms with van der Waals surface area (Å²) in [6, 6.07) is 15.6. The molecule has 0 saturated carbocycles. The molecule has 0 unspecified atom stereocenters. The lowest BCUT2D eigenvalue weighted by atomic mass is 10.1. The fraction of sp³-hybridized carbons (Fsp3) is 0.136. The third-order valence-electron chi connectivity index (χ3n) is 4.58. The number of carbonyl (C=O) groups excluding carboxylic acids is 1. The number of nitriles is 1. The van der Waals surface area contributed by atoms with Crippen LogP contribution in [0, 0.1) is 17.1 Å². The quantitative estimate of drug-likeness (QED) is 0.468. The maximum Gasteiger partial charge on any atom is 0.360 e. The van der Waals surface area contributed by atoms with Gasteiger partial charge in [0.15, 0.2) is 11.5 Å². The van der Waals surface area contributed by atoms with Crippen molar-refractivity contribution in [2.45, 2.75) is 13.5 Å². The average molecular weight is 389 g/mol. The average Bonchev–Trinajstić information content (AvgIpc) is 3.35. The largest absolute Gasteiger partial charge is 0.461 e. The molecule has 0 aliphatic rings. The van der Waals surface area contributed by atoms with E-state index in [1.54, 1.807) is 43.5 Å². The number of fused-ring (bicyclic) bond motifs is 1. The first kappa shape index (κ1) is 18.4. The number of hydrogen-bond acceptors (Lipinski definition) is 5. The molecule has 4 rings (SSSR count). The zero-order valence-electron chi connectivity index (χ0n) is 15.6. The van der Waals surface area contributed by atoms with Gasteiger partial charge in [-0.2, -0.15) is 5.26 Å². The summed E-state index contributed by atoms with van der Waals surface area (Å²) >= 11 is 0. The molecule has 0 saturated heterocycles. The number of rotatable bonds is 5. The summed E-state index contributed by atoms with van der Waals surface area (Å²) in [5, 5.41) is 14.0. The Morgan fingerprint density at radius 1 is 1.28 bits per heavy atom. The van der Waals surface area contributed by atoms with Gasteiger partial charge in [-0.1, -0.05) is 23.4 Å². The van der Waals surface area contributed by atoms with Crippen molar-refractivity contribution in [2.75, 3.05) is 6.61 Å². The third kappa shape index (κ3) is 3.48. The van der Waals surface area contributed by atoms with Crippen LogP contribution in [0.3, 0.4) is 0 Å². The minimum Gasteiger partial charge on any atom is -0.461 e. The van der Waals surface area contributed by atoms with Gasteiger partial charge in [0, 0.05) is 34.3 Å². The Morgan fingerprint density at radius 2 is 2.10 bits per heavy atom. The normalized spacial score (nSPS) is 10.8. The molecule has 0 aliphatic carbocycles. The zero-order chi connectivity index (χ0) is 20.4. The van der Waals surface area contributed by atoms with E-state index in [2.05, 4.69) is 11.2 Å². The number of benzene rings is 2. The highest BCUT2D eigenvalue weighted by atomic mass is 19.1. The topological polar surface area (TPSA) is 81.0 Å². The number of halogens is 1. The van der Waals surface area contributed by atoms with Crippen LogP contribution in [0.15, 0.2) is 59.3 Å². The molecule has 144 valence electrons. The SMILES string of the molecule is CCOC(=O)c1cc(-c2ccc3c(c2)c(C#N)cn3Cc2ccccc2F)on1. The standard InChI is InChI=1S/C22H16FN3O3/c1-2-28-22(27)19-10-21(29-25-19)14-7-8-20-17(9-14)16(11-24)13-26(20)12-15-5-3-4-6-18(15)23/h3-10,13H,2,12H2,1H3. The van der Waals surface area contributed by atoms with Crippen LogP contribution in [-0.2, 0) is 11.3 Å². The molecule has 0 bridgehead atoms. The molecule has 0 atom stereocenters. The van der Waals surface area contributed by atoms with Crippen molar-refractivity contribution in [3.05, 3.63) is 77.4 Å². The zero-order valence-corrected chi connectivity index (χ0v) is 15.6. The van der Waals surface area contributed by atoms with Gasteiger partial charge in [0.1, 0.15) is 11.9 Å².